The van der Waals surface area contributed by atoms with E-state index >= 15 is 0 Å². The van der Waals surface area contributed by atoms with E-state index < -0.39 is 0 Å². The third-order valence-electron chi connectivity index (χ3n) is 3.84. The minimum Gasteiger partial charge on any atom is -0.492 e. The molecule has 0 heterocycles. The highest BCUT2D eigenvalue weighted by atomic mass is 79.9. The van der Waals surface area contributed by atoms with Crippen LogP contribution in [-0.2, 0) is 0 Å². The van der Waals surface area contributed by atoms with Crippen molar-refractivity contribution >= 4 is 32.6 Å². The van der Waals surface area contributed by atoms with Crippen LogP contribution in [0.1, 0.15) is 10.4 Å². The fourth-order valence-corrected chi connectivity index (χ4v) is 2.87. The summed E-state index contributed by atoms with van der Waals surface area (Å²) in [4.78, 5) is 13.9. The van der Waals surface area contributed by atoms with E-state index in [1.54, 1.807) is 11.9 Å². The van der Waals surface area contributed by atoms with Crippen molar-refractivity contribution in [3.05, 3.63) is 76.8 Å². The third kappa shape index (κ3) is 3.95. The first-order valence-electron chi connectivity index (χ1n) is 7.76. The number of likely N-dealkylation sites (N-methyl/N-ethyl adjacent to an activating group) is 1. The molecule has 0 aromatic heterocycles. The molecule has 0 saturated carbocycles. The van der Waals surface area contributed by atoms with Gasteiger partial charge in [0.1, 0.15) is 12.4 Å². The van der Waals surface area contributed by atoms with Crippen LogP contribution in [0.2, 0.25) is 0 Å². The standard InChI is InChI=1S/C20H18BrNO2/c1-22(20(23)15-5-3-2-4-6-15)11-12-24-19-10-8-16-13-18(21)9-7-17(16)14-19/h2-10,13-14H,11-12H2,1H3. The van der Waals surface area contributed by atoms with Gasteiger partial charge in [0.15, 0.2) is 0 Å². The zero-order chi connectivity index (χ0) is 16.9. The van der Waals surface area contributed by atoms with E-state index in [2.05, 4.69) is 28.1 Å². The van der Waals surface area contributed by atoms with E-state index in [1.165, 1.54) is 0 Å². The van der Waals surface area contributed by atoms with E-state index in [0.29, 0.717) is 18.7 Å². The topological polar surface area (TPSA) is 29.5 Å². The van der Waals surface area contributed by atoms with Crippen molar-refractivity contribution in [2.45, 2.75) is 0 Å². The molecule has 0 fully saturated rings. The van der Waals surface area contributed by atoms with Gasteiger partial charge in [0.05, 0.1) is 6.54 Å². The van der Waals surface area contributed by atoms with E-state index in [1.807, 2.05) is 54.6 Å². The average molecular weight is 384 g/mol. The van der Waals surface area contributed by atoms with Gasteiger partial charge in [-0.05, 0) is 47.2 Å². The lowest BCUT2D eigenvalue weighted by molar-refractivity contribution is 0.0774. The van der Waals surface area contributed by atoms with Crippen LogP contribution in [0.15, 0.2) is 71.2 Å². The lowest BCUT2D eigenvalue weighted by Crippen LogP contribution is -2.30. The lowest BCUT2D eigenvalue weighted by atomic mass is 10.1. The molecule has 1 amide bonds. The van der Waals surface area contributed by atoms with Gasteiger partial charge >= 0.3 is 0 Å². The first-order valence-corrected chi connectivity index (χ1v) is 8.55. The summed E-state index contributed by atoms with van der Waals surface area (Å²) in [5.41, 5.74) is 0.691. The summed E-state index contributed by atoms with van der Waals surface area (Å²) in [6, 6.07) is 21.4. The minimum absolute atomic E-state index is 0.00237. The molecule has 0 spiro atoms. The molecule has 0 saturated heterocycles. The summed E-state index contributed by atoms with van der Waals surface area (Å²) in [5.74, 6) is 0.813. The molecule has 4 heteroatoms. The molecule has 3 rings (SSSR count). The van der Waals surface area contributed by atoms with E-state index in [-0.39, 0.29) is 5.91 Å². The van der Waals surface area contributed by atoms with Gasteiger partial charge in [-0.2, -0.15) is 0 Å². The monoisotopic (exact) mass is 383 g/mol. The molecule has 0 N–H and O–H groups in total. The number of amides is 1. The second-order valence-electron chi connectivity index (χ2n) is 5.59. The molecule has 24 heavy (non-hydrogen) atoms. The summed E-state index contributed by atoms with van der Waals surface area (Å²) in [6.45, 7) is 0.989. The fraction of sp³-hybridized carbons (Fsp3) is 0.150. The molecular weight excluding hydrogens is 366 g/mol. The average Bonchev–Trinajstić information content (AvgIpc) is 2.61. The first-order chi connectivity index (χ1) is 11.6. The molecule has 0 radical (unpaired) electrons. The van der Waals surface area contributed by atoms with Crippen LogP contribution in [0, 0.1) is 0 Å². The molecule has 3 aromatic rings. The predicted octanol–water partition coefficient (Wildman–Crippen LogP) is 4.75. The highest BCUT2D eigenvalue weighted by Gasteiger charge is 2.10. The fourth-order valence-electron chi connectivity index (χ4n) is 2.49. The number of rotatable bonds is 5. The number of hydrogen-bond acceptors (Lipinski definition) is 2. The molecule has 0 aliphatic carbocycles. The summed E-state index contributed by atoms with van der Waals surface area (Å²) in [7, 11) is 1.79. The van der Waals surface area contributed by atoms with Gasteiger partial charge in [0.25, 0.3) is 5.91 Å². The van der Waals surface area contributed by atoms with Crippen molar-refractivity contribution < 1.29 is 9.53 Å². The van der Waals surface area contributed by atoms with Crippen molar-refractivity contribution in [3.8, 4) is 5.75 Å². The summed E-state index contributed by atoms with van der Waals surface area (Å²) in [6.07, 6.45) is 0. The molecule has 122 valence electrons. The quantitative estimate of drug-likeness (QED) is 0.635. The first kappa shape index (κ1) is 16.5. The van der Waals surface area contributed by atoms with Crippen LogP contribution in [0.4, 0.5) is 0 Å². The van der Waals surface area contributed by atoms with Crippen LogP contribution < -0.4 is 4.74 Å². The maximum atomic E-state index is 12.3. The summed E-state index contributed by atoms with van der Waals surface area (Å²) < 4.78 is 6.86. The van der Waals surface area contributed by atoms with Crippen molar-refractivity contribution in [1.29, 1.82) is 0 Å². The predicted molar refractivity (Wildman–Crippen MR) is 101 cm³/mol. The van der Waals surface area contributed by atoms with Crippen LogP contribution in [0.3, 0.4) is 0 Å². The highest BCUT2D eigenvalue weighted by Crippen LogP contribution is 2.24. The van der Waals surface area contributed by atoms with Gasteiger partial charge in [-0.25, -0.2) is 0 Å². The summed E-state index contributed by atoms with van der Waals surface area (Å²) in [5, 5.41) is 2.29. The Labute approximate surface area is 150 Å². The minimum atomic E-state index is 0.00237. The molecular formula is C20H18BrNO2. The van der Waals surface area contributed by atoms with Crippen LogP contribution in [-0.4, -0.2) is 31.0 Å². The smallest absolute Gasteiger partial charge is 0.253 e. The number of hydrogen-bond donors (Lipinski definition) is 0. The SMILES string of the molecule is CN(CCOc1ccc2cc(Br)ccc2c1)C(=O)c1ccccc1. The molecule has 0 unspecified atom stereocenters. The van der Waals surface area contributed by atoms with E-state index in [9.17, 15) is 4.79 Å². The molecule has 3 nitrogen and oxygen atoms in total. The highest BCUT2D eigenvalue weighted by molar-refractivity contribution is 9.10. The Hall–Kier alpha value is -2.33. The van der Waals surface area contributed by atoms with Crippen LogP contribution >= 0.6 is 15.9 Å². The normalized spacial score (nSPS) is 10.6. The zero-order valence-electron chi connectivity index (χ0n) is 13.4. The number of fused-ring (bicyclic) bond motifs is 1. The summed E-state index contributed by atoms with van der Waals surface area (Å²) >= 11 is 3.47. The number of halogens is 1. The Bertz CT molecular complexity index is 849. The van der Waals surface area contributed by atoms with Gasteiger partial charge in [0, 0.05) is 17.1 Å². The second kappa shape index (κ2) is 7.49. The molecule has 0 aliphatic heterocycles. The van der Waals surface area contributed by atoms with Crippen LogP contribution in [0.25, 0.3) is 10.8 Å². The lowest BCUT2D eigenvalue weighted by Gasteiger charge is -2.17. The van der Waals surface area contributed by atoms with Gasteiger partial charge in [-0.1, -0.05) is 46.3 Å². The number of carbonyl (C=O) groups excluding carboxylic acids is 1. The number of ether oxygens (including phenoxy) is 1. The number of nitrogens with zero attached hydrogens (tertiary/aromatic N) is 1. The van der Waals surface area contributed by atoms with E-state index in [4.69, 9.17) is 4.74 Å². The molecule has 0 bridgehead atoms. The van der Waals surface area contributed by atoms with Gasteiger partial charge < -0.3 is 9.64 Å². The Morgan fingerprint density at radius 3 is 2.50 bits per heavy atom. The maximum Gasteiger partial charge on any atom is 0.253 e. The molecule has 0 aliphatic rings. The Morgan fingerprint density at radius 2 is 1.71 bits per heavy atom. The number of benzene rings is 3. The van der Waals surface area contributed by atoms with Crippen molar-refractivity contribution in [3.63, 3.8) is 0 Å². The Balaban J connectivity index is 1.58. The third-order valence-corrected chi connectivity index (χ3v) is 4.33. The number of carbonyl (C=O) groups is 1. The van der Waals surface area contributed by atoms with Gasteiger partial charge in [-0.3, -0.25) is 4.79 Å². The van der Waals surface area contributed by atoms with E-state index in [0.717, 1.165) is 21.0 Å². The zero-order valence-corrected chi connectivity index (χ0v) is 15.0. The van der Waals surface area contributed by atoms with Crippen LogP contribution in [0.5, 0.6) is 5.75 Å². The van der Waals surface area contributed by atoms with Gasteiger partial charge in [0.2, 0.25) is 0 Å². The molecule has 0 atom stereocenters. The van der Waals surface area contributed by atoms with Crippen molar-refractivity contribution in [2.75, 3.05) is 20.2 Å². The largest absolute Gasteiger partial charge is 0.492 e. The van der Waals surface area contributed by atoms with Crippen molar-refractivity contribution in [1.82, 2.24) is 4.90 Å². The molecule has 3 aromatic carbocycles. The Kier molecular flexibility index (Phi) is 5.16. The van der Waals surface area contributed by atoms with Crippen molar-refractivity contribution in [2.24, 2.45) is 0 Å². The maximum absolute atomic E-state index is 12.3. The second-order valence-corrected chi connectivity index (χ2v) is 6.51. The van der Waals surface area contributed by atoms with Gasteiger partial charge in [-0.15, -0.1) is 0 Å². The Morgan fingerprint density at radius 1 is 1.00 bits per heavy atom.